The molecular formula is C18H30ClN3O2. The predicted octanol–water partition coefficient (Wildman–Crippen LogP) is 2.34. The van der Waals surface area contributed by atoms with Crippen molar-refractivity contribution in [3.05, 3.63) is 34.9 Å². The first-order valence-corrected chi connectivity index (χ1v) is 8.01. The normalized spacial score (nSPS) is 13.0. The quantitative estimate of drug-likeness (QED) is 0.822. The van der Waals surface area contributed by atoms with Crippen molar-refractivity contribution in [2.75, 3.05) is 13.6 Å². The largest absolute Gasteiger partial charge is 0.346 e. The summed E-state index contributed by atoms with van der Waals surface area (Å²) in [6.45, 7) is 9.79. The molecule has 0 bridgehead atoms. The van der Waals surface area contributed by atoms with Crippen molar-refractivity contribution in [3.8, 4) is 0 Å². The van der Waals surface area contributed by atoms with Crippen LogP contribution in [0.1, 0.15) is 43.5 Å². The molecule has 1 unspecified atom stereocenters. The molecule has 0 radical (unpaired) electrons. The number of nitrogens with one attached hydrogen (secondary N) is 1. The van der Waals surface area contributed by atoms with Gasteiger partial charge in [0.2, 0.25) is 11.8 Å². The zero-order valence-electron chi connectivity index (χ0n) is 15.4. The number of carbonyl (C=O) groups is 2. The van der Waals surface area contributed by atoms with E-state index in [1.54, 1.807) is 11.9 Å². The summed E-state index contributed by atoms with van der Waals surface area (Å²) in [5.41, 5.74) is 9.23. The summed E-state index contributed by atoms with van der Waals surface area (Å²) in [6, 6.07) is 5.55. The highest BCUT2D eigenvalue weighted by atomic mass is 35.5. The molecule has 0 heterocycles. The minimum atomic E-state index is -0.593. The van der Waals surface area contributed by atoms with Gasteiger partial charge in [-0.2, -0.15) is 0 Å². The lowest BCUT2D eigenvalue weighted by Crippen LogP contribution is -2.47. The van der Waals surface area contributed by atoms with Crippen molar-refractivity contribution >= 4 is 24.2 Å². The maximum atomic E-state index is 12.3. The summed E-state index contributed by atoms with van der Waals surface area (Å²) in [5.74, 6) is -0.389. The van der Waals surface area contributed by atoms with Crippen molar-refractivity contribution in [1.29, 1.82) is 0 Å². The fraction of sp³-hybridized carbons (Fsp3) is 0.556. The minimum absolute atomic E-state index is 0. The molecule has 0 spiro atoms. The molecule has 24 heavy (non-hydrogen) atoms. The summed E-state index contributed by atoms with van der Waals surface area (Å²) < 4.78 is 0. The summed E-state index contributed by atoms with van der Waals surface area (Å²) in [7, 11) is 1.75. The van der Waals surface area contributed by atoms with E-state index in [2.05, 4.69) is 11.4 Å². The molecule has 0 aliphatic carbocycles. The summed E-state index contributed by atoms with van der Waals surface area (Å²) in [5, 5.41) is 2.62. The number of rotatable bonds is 6. The van der Waals surface area contributed by atoms with Crippen LogP contribution >= 0.6 is 12.4 Å². The third-order valence-corrected chi connectivity index (χ3v) is 4.28. The minimum Gasteiger partial charge on any atom is -0.346 e. The first-order chi connectivity index (χ1) is 10.6. The number of aryl methyl sites for hydroxylation is 2. The molecule has 0 aliphatic heterocycles. The Kier molecular flexibility index (Phi) is 9.01. The van der Waals surface area contributed by atoms with Gasteiger partial charge < -0.3 is 16.0 Å². The third kappa shape index (κ3) is 5.80. The molecule has 136 valence electrons. The van der Waals surface area contributed by atoms with Crippen molar-refractivity contribution < 1.29 is 9.59 Å². The molecule has 3 N–H and O–H groups in total. The molecule has 0 aromatic heterocycles. The molecule has 2 amide bonds. The molecule has 1 rings (SSSR count). The number of nitrogens with two attached hydrogens (primary N) is 1. The highest BCUT2D eigenvalue weighted by molar-refractivity contribution is 5.87. The number of likely N-dealkylation sites (N-methyl/N-ethyl adjacent to an activating group) is 1. The van der Waals surface area contributed by atoms with E-state index < -0.39 is 6.04 Å². The van der Waals surface area contributed by atoms with E-state index >= 15 is 0 Å². The second kappa shape index (κ2) is 9.64. The van der Waals surface area contributed by atoms with E-state index in [4.69, 9.17) is 5.73 Å². The lowest BCUT2D eigenvalue weighted by atomic mass is 9.99. The molecule has 5 nitrogen and oxygen atoms in total. The average Bonchev–Trinajstić information content (AvgIpc) is 2.49. The van der Waals surface area contributed by atoms with E-state index in [1.807, 2.05) is 46.8 Å². The van der Waals surface area contributed by atoms with Gasteiger partial charge in [-0.05, 0) is 37.8 Å². The van der Waals surface area contributed by atoms with Gasteiger partial charge in [0, 0.05) is 7.05 Å². The Bertz CT molecular complexity index is 575. The topological polar surface area (TPSA) is 75.4 Å². The zero-order chi connectivity index (χ0) is 17.7. The first-order valence-electron chi connectivity index (χ1n) is 8.01. The van der Waals surface area contributed by atoms with Crippen LogP contribution in [-0.2, 0) is 9.59 Å². The molecule has 1 aromatic carbocycles. The van der Waals surface area contributed by atoms with Crippen LogP contribution in [0, 0.1) is 19.8 Å². The van der Waals surface area contributed by atoms with Gasteiger partial charge in [0.1, 0.15) is 0 Å². The zero-order valence-corrected chi connectivity index (χ0v) is 16.2. The van der Waals surface area contributed by atoms with E-state index in [0.717, 1.165) is 11.1 Å². The Balaban J connectivity index is 0.00000529. The molecule has 2 atom stereocenters. The van der Waals surface area contributed by atoms with Gasteiger partial charge in [0.15, 0.2) is 0 Å². The summed E-state index contributed by atoms with van der Waals surface area (Å²) >= 11 is 0. The lowest BCUT2D eigenvalue weighted by Gasteiger charge is -2.27. The van der Waals surface area contributed by atoms with Crippen molar-refractivity contribution in [2.24, 2.45) is 11.7 Å². The predicted molar refractivity (Wildman–Crippen MR) is 100 cm³/mol. The summed E-state index contributed by atoms with van der Waals surface area (Å²) in [6.07, 6.45) is 0. The monoisotopic (exact) mass is 355 g/mol. The van der Waals surface area contributed by atoms with Gasteiger partial charge in [-0.3, -0.25) is 9.59 Å². The van der Waals surface area contributed by atoms with E-state index in [-0.39, 0.29) is 42.7 Å². The van der Waals surface area contributed by atoms with E-state index in [0.29, 0.717) is 0 Å². The van der Waals surface area contributed by atoms with Gasteiger partial charge in [0.25, 0.3) is 0 Å². The summed E-state index contributed by atoms with van der Waals surface area (Å²) in [4.78, 5) is 25.8. The molecule has 1 aromatic rings. The fourth-order valence-corrected chi connectivity index (χ4v) is 2.43. The second-order valence-corrected chi connectivity index (χ2v) is 6.53. The molecule has 0 fully saturated rings. The van der Waals surface area contributed by atoms with Crippen LogP contribution < -0.4 is 11.1 Å². The Morgan fingerprint density at radius 3 is 2.29 bits per heavy atom. The van der Waals surface area contributed by atoms with Crippen molar-refractivity contribution in [3.63, 3.8) is 0 Å². The van der Waals surface area contributed by atoms with Crippen LogP contribution in [0.3, 0.4) is 0 Å². The smallest absolute Gasteiger partial charge is 0.242 e. The van der Waals surface area contributed by atoms with Crippen molar-refractivity contribution in [1.82, 2.24) is 10.2 Å². The van der Waals surface area contributed by atoms with E-state index in [1.165, 1.54) is 5.56 Å². The number of halogens is 1. The van der Waals surface area contributed by atoms with Gasteiger partial charge in [-0.25, -0.2) is 0 Å². The van der Waals surface area contributed by atoms with Gasteiger partial charge >= 0.3 is 0 Å². The molecule has 0 aliphatic rings. The Morgan fingerprint density at radius 2 is 1.79 bits per heavy atom. The van der Waals surface area contributed by atoms with Crippen LogP contribution in [-0.4, -0.2) is 36.3 Å². The molecule has 6 heteroatoms. The fourth-order valence-electron chi connectivity index (χ4n) is 2.43. The second-order valence-electron chi connectivity index (χ2n) is 6.53. The number of hydrogen-bond donors (Lipinski definition) is 2. The van der Waals surface area contributed by atoms with Crippen LogP contribution in [0.2, 0.25) is 0 Å². The molecule has 0 saturated heterocycles. The number of nitrogens with zero attached hydrogens (tertiary/aromatic N) is 1. The van der Waals surface area contributed by atoms with Gasteiger partial charge in [0.05, 0.1) is 18.6 Å². The molecule has 0 saturated carbocycles. The Morgan fingerprint density at radius 1 is 1.21 bits per heavy atom. The average molecular weight is 356 g/mol. The highest BCUT2D eigenvalue weighted by Gasteiger charge is 2.21. The number of benzene rings is 1. The number of hydrogen-bond acceptors (Lipinski definition) is 3. The maximum absolute atomic E-state index is 12.3. The van der Waals surface area contributed by atoms with Crippen LogP contribution in [0.4, 0.5) is 0 Å². The van der Waals surface area contributed by atoms with Gasteiger partial charge in [-0.15, -0.1) is 12.4 Å². The highest BCUT2D eigenvalue weighted by Crippen LogP contribution is 2.23. The lowest BCUT2D eigenvalue weighted by molar-refractivity contribution is -0.133. The van der Waals surface area contributed by atoms with Crippen LogP contribution in [0.5, 0.6) is 0 Å². The van der Waals surface area contributed by atoms with Crippen LogP contribution in [0.25, 0.3) is 0 Å². The van der Waals surface area contributed by atoms with Gasteiger partial charge in [-0.1, -0.05) is 37.6 Å². The van der Waals surface area contributed by atoms with E-state index in [9.17, 15) is 9.59 Å². The van der Waals surface area contributed by atoms with Crippen molar-refractivity contribution in [2.45, 2.75) is 46.7 Å². The SMILES string of the molecule is Cc1ccc(C(C)N(C)C(=O)CNC(=O)[C@@H](N)C(C)C)c(C)c1.Cl. The third-order valence-electron chi connectivity index (χ3n) is 4.28. The number of amides is 2. The molecular weight excluding hydrogens is 326 g/mol. The standard InChI is InChI=1S/C18H29N3O2.ClH/c1-11(2)17(19)18(23)20-10-16(22)21(6)14(5)15-8-7-12(3)9-13(15)4;/h7-9,11,14,17H,10,19H2,1-6H3,(H,20,23);1H/t14?,17-;/m0./s1. The maximum Gasteiger partial charge on any atom is 0.242 e. The number of carbonyl (C=O) groups excluding carboxylic acids is 2. The first kappa shape index (κ1) is 22.4. The van der Waals surface area contributed by atoms with Crippen LogP contribution in [0.15, 0.2) is 18.2 Å². The Labute approximate surface area is 151 Å². The Hall–Kier alpha value is -1.59.